The van der Waals surface area contributed by atoms with E-state index in [1.165, 1.54) is 6.92 Å². The second-order valence-corrected chi connectivity index (χ2v) is 8.99. The maximum absolute atomic E-state index is 13.5. The van der Waals surface area contributed by atoms with Crippen LogP contribution < -0.4 is 0 Å². The van der Waals surface area contributed by atoms with Crippen LogP contribution in [0.2, 0.25) is 0 Å². The molecule has 1 aliphatic heterocycles. The van der Waals surface area contributed by atoms with Crippen LogP contribution in [-0.2, 0) is 19.1 Å². The quantitative estimate of drug-likeness (QED) is 0.148. The van der Waals surface area contributed by atoms with Gasteiger partial charge in [0.2, 0.25) is 0 Å². The fourth-order valence-electron chi connectivity index (χ4n) is 4.42. The van der Waals surface area contributed by atoms with Crippen LogP contribution in [0.25, 0.3) is 34.2 Å². The van der Waals surface area contributed by atoms with Crippen molar-refractivity contribution in [2.45, 2.75) is 20.3 Å². The average molecular weight is 521 g/mol. The Balaban J connectivity index is 1.61. The fourth-order valence-corrected chi connectivity index (χ4v) is 4.42. The van der Waals surface area contributed by atoms with Gasteiger partial charge in [-0.05, 0) is 49.3 Å². The Bertz CT molecular complexity index is 1670. The van der Waals surface area contributed by atoms with Gasteiger partial charge in [-0.3, -0.25) is 19.3 Å². The number of carbonyl (C=O) groups excluding carboxylic acids is 3. The highest BCUT2D eigenvalue weighted by molar-refractivity contribution is 6.19. The van der Waals surface area contributed by atoms with Gasteiger partial charge in [-0.15, -0.1) is 0 Å². The Morgan fingerprint density at radius 3 is 2.56 bits per heavy atom. The second-order valence-electron chi connectivity index (χ2n) is 8.99. The highest BCUT2D eigenvalue weighted by atomic mass is 16.5. The van der Waals surface area contributed by atoms with Gasteiger partial charge in [0.05, 0.1) is 12.3 Å². The molecule has 0 spiro atoms. The summed E-state index contributed by atoms with van der Waals surface area (Å²) in [5.74, 6) is -1.15. The zero-order valence-electron chi connectivity index (χ0n) is 21.4. The van der Waals surface area contributed by atoms with Crippen molar-refractivity contribution in [2.24, 2.45) is 0 Å². The molecular formula is C30H24N4O5. The largest absolute Gasteiger partial charge is 0.466 e. The van der Waals surface area contributed by atoms with Gasteiger partial charge in [0.25, 0.3) is 11.8 Å². The van der Waals surface area contributed by atoms with Crippen LogP contribution in [0.15, 0.2) is 88.0 Å². The molecule has 5 rings (SSSR count). The Morgan fingerprint density at radius 1 is 1.10 bits per heavy atom. The summed E-state index contributed by atoms with van der Waals surface area (Å²) >= 11 is 0. The number of hydrogen-bond acceptors (Lipinski definition) is 7. The number of carbonyl (C=O) groups is 3. The number of esters is 1. The third-order valence-electron chi connectivity index (χ3n) is 6.38. The third kappa shape index (κ3) is 5.00. The first-order valence-corrected chi connectivity index (χ1v) is 12.3. The van der Waals surface area contributed by atoms with Gasteiger partial charge in [-0.1, -0.05) is 36.4 Å². The molecule has 194 valence electrons. The topological polar surface area (TPSA) is 118 Å². The van der Waals surface area contributed by atoms with E-state index in [2.05, 4.69) is 0 Å². The van der Waals surface area contributed by atoms with E-state index in [1.54, 1.807) is 23.9 Å². The average Bonchev–Trinajstić information content (AvgIpc) is 3.55. The van der Waals surface area contributed by atoms with Crippen molar-refractivity contribution < 1.29 is 23.5 Å². The normalized spacial score (nSPS) is 14.8. The lowest BCUT2D eigenvalue weighted by Crippen LogP contribution is -2.43. The van der Waals surface area contributed by atoms with Crippen molar-refractivity contribution in [3.8, 4) is 23.2 Å². The minimum atomic E-state index is -0.669. The molecule has 0 aliphatic carbocycles. The van der Waals surface area contributed by atoms with Crippen LogP contribution in [0.3, 0.4) is 0 Å². The van der Waals surface area contributed by atoms with E-state index in [1.807, 2.05) is 66.7 Å². The van der Waals surface area contributed by atoms with Gasteiger partial charge in [0.1, 0.15) is 22.9 Å². The molecule has 2 aromatic heterocycles. The Morgan fingerprint density at radius 2 is 1.85 bits per heavy atom. The number of amides is 2. The first-order valence-electron chi connectivity index (χ1n) is 12.3. The van der Waals surface area contributed by atoms with E-state index >= 15 is 0 Å². The number of nitrogens with zero attached hydrogens (tertiary/aromatic N) is 4. The van der Waals surface area contributed by atoms with Crippen LogP contribution in [0, 0.1) is 11.3 Å². The van der Waals surface area contributed by atoms with Crippen molar-refractivity contribution in [1.29, 1.82) is 5.26 Å². The van der Waals surface area contributed by atoms with E-state index in [0.29, 0.717) is 22.6 Å². The Labute approximate surface area is 224 Å². The van der Waals surface area contributed by atoms with Crippen LogP contribution in [0.4, 0.5) is 0 Å². The number of fused-ring (bicyclic) bond motifs is 1. The number of ether oxygens (including phenoxy) is 1. The molecule has 39 heavy (non-hydrogen) atoms. The monoisotopic (exact) mass is 520 g/mol. The number of nitriles is 1. The smallest absolute Gasteiger partial charge is 0.302 e. The maximum atomic E-state index is 13.5. The summed E-state index contributed by atoms with van der Waals surface area (Å²) in [5, 5.41) is 15.4. The lowest BCUT2D eigenvalue weighted by molar-refractivity contribution is -0.141. The molecule has 0 bridgehead atoms. The molecular weight excluding hydrogens is 496 g/mol. The summed E-state index contributed by atoms with van der Waals surface area (Å²) in [6, 6.07) is 20.9. The van der Waals surface area contributed by atoms with Crippen molar-refractivity contribution in [1.82, 2.24) is 14.7 Å². The molecule has 9 heteroatoms. The van der Waals surface area contributed by atoms with Gasteiger partial charge >= 0.3 is 5.97 Å². The molecule has 1 aliphatic rings. The van der Waals surface area contributed by atoms with E-state index in [-0.39, 0.29) is 36.3 Å². The molecule has 2 amide bonds. The molecule has 0 atom stereocenters. The maximum Gasteiger partial charge on any atom is 0.302 e. The molecule has 0 unspecified atom stereocenters. The highest BCUT2D eigenvalue weighted by Crippen LogP contribution is 2.33. The molecule has 0 fully saturated rings. The number of aromatic nitrogens is 2. The van der Waals surface area contributed by atoms with E-state index in [0.717, 1.165) is 16.0 Å². The first-order chi connectivity index (χ1) is 18.9. The Hall–Kier alpha value is -5.23. The lowest BCUT2D eigenvalue weighted by Gasteiger charge is -2.27. The summed E-state index contributed by atoms with van der Waals surface area (Å²) in [5.41, 5.74) is 2.94. The van der Waals surface area contributed by atoms with Crippen LogP contribution in [-0.4, -0.2) is 45.6 Å². The predicted molar refractivity (Wildman–Crippen MR) is 143 cm³/mol. The first kappa shape index (κ1) is 25.4. The van der Waals surface area contributed by atoms with Crippen molar-refractivity contribution >= 4 is 34.8 Å². The fraction of sp³-hybridized carbons (Fsp3) is 0.167. The summed E-state index contributed by atoms with van der Waals surface area (Å²) in [4.78, 5) is 38.6. The number of hydrogen-bond donors (Lipinski definition) is 0. The van der Waals surface area contributed by atoms with Crippen molar-refractivity contribution in [3.63, 3.8) is 0 Å². The highest BCUT2D eigenvalue weighted by Gasteiger charge is 2.35. The van der Waals surface area contributed by atoms with Gasteiger partial charge in [-0.25, -0.2) is 4.68 Å². The summed E-state index contributed by atoms with van der Waals surface area (Å²) in [6.45, 7) is 2.92. The molecule has 0 radical (unpaired) electrons. The molecule has 0 saturated heterocycles. The Kier molecular flexibility index (Phi) is 6.93. The molecule has 0 N–H and O–H groups in total. The zero-order chi connectivity index (χ0) is 27.5. The van der Waals surface area contributed by atoms with Crippen molar-refractivity contribution in [3.05, 3.63) is 89.1 Å². The third-order valence-corrected chi connectivity index (χ3v) is 6.38. The minimum absolute atomic E-state index is 0.000451. The standard InChI is InChI=1S/C30H24N4O5/c1-19-24(29(36)33(30(37)25(19)17-31)13-8-14-38-20(2)35)15-22-18-34(23-10-4-3-5-11-23)32-28(22)27-16-21-9-6-7-12-26(21)39-27/h3-7,9-12,15-16,18H,8,13-14H2,1-2H3/b24-15+. The van der Waals surface area contributed by atoms with E-state index < -0.39 is 17.8 Å². The molecule has 2 aromatic carbocycles. The number of benzene rings is 2. The predicted octanol–water partition coefficient (Wildman–Crippen LogP) is 4.83. The summed E-state index contributed by atoms with van der Waals surface area (Å²) in [7, 11) is 0. The van der Waals surface area contributed by atoms with Gasteiger partial charge in [0.15, 0.2) is 5.76 Å². The van der Waals surface area contributed by atoms with Crippen LogP contribution >= 0.6 is 0 Å². The minimum Gasteiger partial charge on any atom is -0.466 e. The summed E-state index contributed by atoms with van der Waals surface area (Å²) in [6.07, 6.45) is 3.66. The number of rotatable bonds is 7. The lowest BCUT2D eigenvalue weighted by atomic mass is 9.93. The van der Waals surface area contributed by atoms with Gasteiger partial charge in [0, 0.05) is 36.2 Å². The van der Waals surface area contributed by atoms with Crippen LogP contribution in [0.1, 0.15) is 25.8 Å². The number of para-hydroxylation sites is 2. The molecule has 3 heterocycles. The van der Waals surface area contributed by atoms with Gasteiger partial charge < -0.3 is 9.15 Å². The molecule has 0 saturated carbocycles. The van der Waals surface area contributed by atoms with Crippen molar-refractivity contribution in [2.75, 3.05) is 13.2 Å². The SMILES string of the molecule is CC(=O)OCCCN1C(=O)C(C#N)=C(C)/C(=C\c2cn(-c3ccccc3)nc2-c2cc3ccccc3o2)C1=O. The van der Waals surface area contributed by atoms with E-state index in [9.17, 15) is 19.6 Å². The van der Waals surface area contributed by atoms with Crippen LogP contribution in [0.5, 0.6) is 0 Å². The summed E-state index contributed by atoms with van der Waals surface area (Å²) < 4.78 is 12.7. The number of imide groups is 1. The van der Waals surface area contributed by atoms with E-state index in [4.69, 9.17) is 14.3 Å². The van der Waals surface area contributed by atoms with Gasteiger partial charge in [-0.2, -0.15) is 10.4 Å². The molecule has 4 aromatic rings. The zero-order valence-corrected chi connectivity index (χ0v) is 21.4. The molecule has 9 nitrogen and oxygen atoms in total. The second kappa shape index (κ2) is 10.6. The number of furan rings is 1.